The normalized spacial score (nSPS) is 12.3. The number of rotatable bonds is 6. The highest BCUT2D eigenvalue weighted by Gasteiger charge is 2.15. The minimum atomic E-state index is -0.0245. The maximum Gasteiger partial charge on any atom is 0.222 e. The SMILES string of the molecule is CC[C@@H](NC(=O)CCn1cnnn1)c1ccnn1C. The standard InChI is InChI=1S/C11H17N7O/c1-3-9(10-4-6-13-17(10)2)14-11(19)5-7-18-8-12-15-16-18/h4,6,8-9H,3,5,7H2,1-2H3,(H,14,19)/t9-/m1/s1. The van der Waals surface area contributed by atoms with Crippen LogP contribution in [0.15, 0.2) is 18.6 Å². The highest BCUT2D eigenvalue weighted by molar-refractivity contribution is 5.76. The van der Waals surface area contributed by atoms with Crippen LogP contribution in [0.5, 0.6) is 0 Å². The molecule has 0 saturated carbocycles. The monoisotopic (exact) mass is 263 g/mol. The van der Waals surface area contributed by atoms with Gasteiger partial charge in [0.25, 0.3) is 0 Å². The van der Waals surface area contributed by atoms with Crippen molar-refractivity contribution in [1.82, 2.24) is 35.3 Å². The van der Waals surface area contributed by atoms with Crippen molar-refractivity contribution in [1.29, 1.82) is 0 Å². The van der Waals surface area contributed by atoms with Crippen LogP contribution in [0.1, 0.15) is 31.5 Å². The highest BCUT2D eigenvalue weighted by Crippen LogP contribution is 2.15. The van der Waals surface area contributed by atoms with Crippen molar-refractivity contribution >= 4 is 5.91 Å². The summed E-state index contributed by atoms with van der Waals surface area (Å²) in [5, 5.41) is 17.9. The molecule has 0 aliphatic heterocycles. The predicted octanol–water partition coefficient (Wildman–Crippen LogP) is 0.0642. The molecule has 102 valence electrons. The van der Waals surface area contributed by atoms with E-state index in [-0.39, 0.29) is 11.9 Å². The van der Waals surface area contributed by atoms with Crippen LogP contribution >= 0.6 is 0 Å². The zero-order valence-electron chi connectivity index (χ0n) is 11.0. The second kappa shape index (κ2) is 6.07. The van der Waals surface area contributed by atoms with Crippen LogP contribution in [0.25, 0.3) is 0 Å². The van der Waals surface area contributed by atoms with Gasteiger partial charge in [0.2, 0.25) is 5.91 Å². The van der Waals surface area contributed by atoms with Crippen molar-refractivity contribution in [2.24, 2.45) is 7.05 Å². The summed E-state index contributed by atoms with van der Waals surface area (Å²) in [7, 11) is 1.87. The van der Waals surface area contributed by atoms with E-state index in [0.29, 0.717) is 13.0 Å². The third kappa shape index (κ3) is 3.36. The Morgan fingerprint density at radius 3 is 2.95 bits per heavy atom. The van der Waals surface area contributed by atoms with Gasteiger partial charge in [0.1, 0.15) is 6.33 Å². The first kappa shape index (κ1) is 13.2. The van der Waals surface area contributed by atoms with Gasteiger partial charge in [-0.3, -0.25) is 9.48 Å². The highest BCUT2D eigenvalue weighted by atomic mass is 16.1. The van der Waals surface area contributed by atoms with E-state index in [4.69, 9.17) is 0 Å². The first-order valence-corrected chi connectivity index (χ1v) is 6.18. The molecular weight excluding hydrogens is 246 g/mol. The fourth-order valence-electron chi connectivity index (χ4n) is 1.88. The predicted molar refractivity (Wildman–Crippen MR) is 66.8 cm³/mol. The van der Waals surface area contributed by atoms with Gasteiger partial charge < -0.3 is 5.32 Å². The molecule has 0 aliphatic carbocycles. The number of amides is 1. The first-order chi connectivity index (χ1) is 9.20. The van der Waals surface area contributed by atoms with Crippen molar-refractivity contribution in [3.63, 3.8) is 0 Å². The number of nitrogens with zero attached hydrogens (tertiary/aromatic N) is 6. The molecule has 1 amide bonds. The molecule has 0 radical (unpaired) electrons. The molecular formula is C11H17N7O. The Morgan fingerprint density at radius 1 is 1.53 bits per heavy atom. The molecule has 0 spiro atoms. The summed E-state index contributed by atoms with van der Waals surface area (Å²) in [6.07, 6.45) is 4.38. The van der Waals surface area contributed by atoms with E-state index in [9.17, 15) is 4.79 Å². The van der Waals surface area contributed by atoms with Gasteiger partial charge in [-0.1, -0.05) is 6.92 Å². The quantitative estimate of drug-likeness (QED) is 0.796. The van der Waals surface area contributed by atoms with E-state index in [2.05, 4.69) is 25.9 Å². The topological polar surface area (TPSA) is 90.5 Å². The van der Waals surface area contributed by atoms with E-state index in [1.165, 1.54) is 11.0 Å². The van der Waals surface area contributed by atoms with Gasteiger partial charge in [0.15, 0.2) is 0 Å². The zero-order valence-corrected chi connectivity index (χ0v) is 11.0. The fraction of sp³-hybridized carbons (Fsp3) is 0.545. The molecule has 2 aromatic heterocycles. The molecule has 0 aromatic carbocycles. The van der Waals surface area contributed by atoms with E-state index in [0.717, 1.165) is 12.1 Å². The number of carbonyl (C=O) groups is 1. The number of nitrogens with one attached hydrogen (secondary N) is 1. The van der Waals surface area contributed by atoms with E-state index in [1.54, 1.807) is 10.9 Å². The van der Waals surface area contributed by atoms with Crippen LogP contribution in [0.3, 0.4) is 0 Å². The average Bonchev–Trinajstić information content (AvgIpc) is 3.05. The summed E-state index contributed by atoms with van der Waals surface area (Å²) < 4.78 is 3.31. The minimum Gasteiger partial charge on any atom is -0.348 e. The molecule has 0 unspecified atom stereocenters. The summed E-state index contributed by atoms with van der Waals surface area (Å²) in [6, 6.07) is 1.89. The Balaban J connectivity index is 1.88. The molecule has 2 aromatic rings. The third-order valence-electron chi connectivity index (χ3n) is 2.92. The summed E-state index contributed by atoms with van der Waals surface area (Å²) in [5.41, 5.74) is 0.998. The lowest BCUT2D eigenvalue weighted by Gasteiger charge is -2.17. The van der Waals surface area contributed by atoms with Gasteiger partial charge in [-0.15, -0.1) is 5.10 Å². The first-order valence-electron chi connectivity index (χ1n) is 6.18. The van der Waals surface area contributed by atoms with Crippen LogP contribution in [0.2, 0.25) is 0 Å². The molecule has 0 fully saturated rings. The molecule has 0 bridgehead atoms. The van der Waals surface area contributed by atoms with Crippen molar-refractivity contribution in [3.8, 4) is 0 Å². The van der Waals surface area contributed by atoms with Crippen molar-refractivity contribution in [3.05, 3.63) is 24.3 Å². The number of hydrogen-bond acceptors (Lipinski definition) is 5. The van der Waals surface area contributed by atoms with Gasteiger partial charge in [-0.25, -0.2) is 4.68 Å². The Hall–Kier alpha value is -2.25. The van der Waals surface area contributed by atoms with Crippen molar-refractivity contribution < 1.29 is 4.79 Å². The maximum atomic E-state index is 11.9. The van der Waals surface area contributed by atoms with Crippen molar-refractivity contribution in [2.45, 2.75) is 32.4 Å². The van der Waals surface area contributed by atoms with E-state index < -0.39 is 0 Å². The number of tetrazole rings is 1. The van der Waals surface area contributed by atoms with Gasteiger partial charge in [0, 0.05) is 19.7 Å². The molecule has 8 heteroatoms. The smallest absolute Gasteiger partial charge is 0.222 e. The number of aryl methyl sites for hydroxylation is 2. The Labute approximate surface area is 110 Å². The van der Waals surface area contributed by atoms with E-state index in [1.807, 2.05) is 20.0 Å². The lowest BCUT2D eigenvalue weighted by Crippen LogP contribution is -2.30. The second-order valence-corrected chi connectivity index (χ2v) is 4.23. The van der Waals surface area contributed by atoms with Crippen LogP contribution < -0.4 is 5.32 Å². The number of hydrogen-bond donors (Lipinski definition) is 1. The molecule has 0 saturated heterocycles. The van der Waals surface area contributed by atoms with Crippen LogP contribution in [0, 0.1) is 0 Å². The lowest BCUT2D eigenvalue weighted by molar-refractivity contribution is -0.122. The summed E-state index contributed by atoms with van der Waals surface area (Å²) in [5.74, 6) is -0.0245. The number of carbonyl (C=O) groups excluding carboxylic acids is 1. The summed E-state index contributed by atoms with van der Waals surface area (Å²) in [6.45, 7) is 2.50. The lowest BCUT2D eigenvalue weighted by atomic mass is 10.1. The molecule has 1 atom stereocenters. The largest absolute Gasteiger partial charge is 0.348 e. The average molecular weight is 263 g/mol. The zero-order chi connectivity index (χ0) is 13.7. The van der Waals surface area contributed by atoms with Crippen LogP contribution in [-0.2, 0) is 18.4 Å². The molecule has 8 nitrogen and oxygen atoms in total. The Morgan fingerprint density at radius 2 is 2.37 bits per heavy atom. The fourth-order valence-corrected chi connectivity index (χ4v) is 1.88. The minimum absolute atomic E-state index is 0.0196. The number of aromatic nitrogens is 6. The Bertz CT molecular complexity index is 519. The Kier molecular flexibility index (Phi) is 4.22. The molecule has 2 heterocycles. The van der Waals surface area contributed by atoms with Crippen molar-refractivity contribution in [2.75, 3.05) is 0 Å². The van der Waals surface area contributed by atoms with Crippen LogP contribution in [-0.4, -0.2) is 35.9 Å². The van der Waals surface area contributed by atoms with Gasteiger partial charge in [0.05, 0.1) is 18.3 Å². The third-order valence-corrected chi connectivity index (χ3v) is 2.92. The molecule has 2 rings (SSSR count). The molecule has 0 aliphatic rings. The van der Waals surface area contributed by atoms with Crippen LogP contribution in [0.4, 0.5) is 0 Å². The maximum absolute atomic E-state index is 11.9. The molecule has 19 heavy (non-hydrogen) atoms. The van der Waals surface area contributed by atoms with E-state index >= 15 is 0 Å². The van der Waals surface area contributed by atoms with Gasteiger partial charge in [-0.05, 0) is 22.9 Å². The van der Waals surface area contributed by atoms with Gasteiger partial charge >= 0.3 is 0 Å². The summed E-state index contributed by atoms with van der Waals surface area (Å²) >= 11 is 0. The second-order valence-electron chi connectivity index (χ2n) is 4.23. The summed E-state index contributed by atoms with van der Waals surface area (Å²) in [4.78, 5) is 11.9. The van der Waals surface area contributed by atoms with Gasteiger partial charge in [-0.2, -0.15) is 5.10 Å². The molecule has 1 N–H and O–H groups in total.